The summed E-state index contributed by atoms with van der Waals surface area (Å²) in [4.78, 5) is 12.1. The van der Waals surface area contributed by atoms with E-state index < -0.39 is 0 Å². The number of amides is 1. The first-order valence-corrected chi connectivity index (χ1v) is 8.04. The molecule has 2 aromatic carbocycles. The molecular weight excluding hydrogens is 308 g/mol. The van der Waals surface area contributed by atoms with Crippen LogP contribution in [0.25, 0.3) is 5.57 Å². The summed E-state index contributed by atoms with van der Waals surface area (Å²) >= 11 is 0. The highest BCUT2D eigenvalue weighted by molar-refractivity contribution is 6.05. The number of hydrazone groups is 1. The van der Waals surface area contributed by atoms with Crippen molar-refractivity contribution >= 4 is 17.2 Å². The lowest BCUT2D eigenvalue weighted by Crippen LogP contribution is -2.18. The quantitative estimate of drug-likeness (QED) is 0.827. The molecule has 1 aliphatic rings. The van der Waals surface area contributed by atoms with Crippen LogP contribution in [0.2, 0.25) is 0 Å². The van der Waals surface area contributed by atoms with Crippen LogP contribution >= 0.6 is 0 Å². The molecule has 3 nitrogen and oxygen atoms in total. The average Bonchev–Trinajstić information content (AvgIpc) is 2.79. The van der Waals surface area contributed by atoms with Gasteiger partial charge in [-0.05, 0) is 35.4 Å². The van der Waals surface area contributed by atoms with E-state index in [0.717, 1.165) is 11.1 Å². The molecule has 0 fully saturated rings. The van der Waals surface area contributed by atoms with E-state index in [-0.39, 0.29) is 5.91 Å². The van der Waals surface area contributed by atoms with Gasteiger partial charge in [-0.2, -0.15) is 5.10 Å². The zero-order chi connectivity index (χ0) is 17.3. The summed E-state index contributed by atoms with van der Waals surface area (Å²) in [6.07, 6.45) is 13.6. The third kappa shape index (κ3) is 4.75. The SMILES string of the molecule is O=C(N/N=C1\C=C/C=C\C(c2ccccc2)=C/C=C\1)c1ccccc1. The van der Waals surface area contributed by atoms with Gasteiger partial charge in [0, 0.05) is 5.56 Å². The van der Waals surface area contributed by atoms with Crippen LogP contribution in [-0.4, -0.2) is 11.6 Å². The van der Waals surface area contributed by atoms with Crippen molar-refractivity contribution in [2.24, 2.45) is 5.10 Å². The molecule has 0 saturated heterocycles. The van der Waals surface area contributed by atoms with E-state index in [4.69, 9.17) is 0 Å². The zero-order valence-corrected chi connectivity index (χ0v) is 13.7. The summed E-state index contributed by atoms with van der Waals surface area (Å²) in [5, 5.41) is 4.18. The van der Waals surface area contributed by atoms with Gasteiger partial charge in [0.25, 0.3) is 5.91 Å². The molecule has 0 heterocycles. The number of rotatable bonds is 3. The standard InChI is InChI=1S/C22H18N2O/c25-22(20-13-5-2-6-14-20)24-23-21-16-8-7-12-19(15-9-17-21)18-10-3-1-4-11-18/h1-17H,(H,24,25)/b12-7-,16-8-,17-9-,19-15+,23-21+. The van der Waals surface area contributed by atoms with Crippen LogP contribution in [0.5, 0.6) is 0 Å². The van der Waals surface area contributed by atoms with Gasteiger partial charge in [0.2, 0.25) is 0 Å². The molecule has 0 aliphatic heterocycles. The van der Waals surface area contributed by atoms with Crippen LogP contribution in [-0.2, 0) is 0 Å². The summed E-state index contributed by atoms with van der Waals surface area (Å²) in [6, 6.07) is 19.2. The predicted molar refractivity (Wildman–Crippen MR) is 103 cm³/mol. The van der Waals surface area contributed by atoms with E-state index in [1.54, 1.807) is 12.1 Å². The Morgan fingerprint density at radius 3 is 2.16 bits per heavy atom. The molecule has 25 heavy (non-hydrogen) atoms. The van der Waals surface area contributed by atoms with Crippen LogP contribution in [0.3, 0.4) is 0 Å². The molecular formula is C22H18N2O. The van der Waals surface area contributed by atoms with Crippen molar-refractivity contribution in [1.82, 2.24) is 5.43 Å². The second-order valence-corrected chi connectivity index (χ2v) is 5.41. The molecule has 122 valence electrons. The van der Waals surface area contributed by atoms with E-state index in [1.807, 2.05) is 78.9 Å². The molecule has 1 N–H and O–H groups in total. The first-order valence-electron chi connectivity index (χ1n) is 8.04. The van der Waals surface area contributed by atoms with Crippen LogP contribution < -0.4 is 5.43 Å². The van der Waals surface area contributed by atoms with E-state index in [2.05, 4.69) is 22.7 Å². The maximum absolute atomic E-state index is 12.1. The Kier molecular flexibility index (Phi) is 5.52. The van der Waals surface area contributed by atoms with E-state index in [1.165, 1.54) is 0 Å². The maximum Gasteiger partial charge on any atom is 0.271 e. The number of nitrogens with one attached hydrogen (secondary N) is 1. The monoisotopic (exact) mass is 326 g/mol. The van der Waals surface area contributed by atoms with E-state index >= 15 is 0 Å². The van der Waals surface area contributed by atoms with Crippen molar-refractivity contribution in [2.45, 2.75) is 0 Å². The third-order valence-electron chi connectivity index (χ3n) is 3.63. The predicted octanol–water partition coefficient (Wildman–Crippen LogP) is 4.54. The van der Waals surface area contributed by atoms with Gasteiger partial charge in [0.1, 0.15) is 0 Å². The van der Waals surface area contributed by atoms with E-state index in [9.17, 15) is 4.79 Å². The minimum Gasteiger partial charge on any atom is -0.267 e. The van der Waals surface area contributed by atoms with Crippen molar-refractivity contribution in [3.8, 4) is 0 Å². The maximum atomic E-state index is 12.1. The number of hydrogen-bond acceptors (Lipinski definition) is 2. The summed E-state index contributed by atoms with van der Waals surface area (Å²) in [6.45, 7) is 0. The van der Waals surface area contributed by atoms with Crippen molar-refractivity contribution in [3.63, 3.8) is 0 Å². The van der Waals surface area contributed by atoms with E-state index in [0.29, 0.717) is 11.3 Å². The molecule has 0 saturated carbocycles. The van der Waals surface area contributed by atoms with Crippen LogP contribution in [0.15, 0.2) is 108 Å². The molecule has 0 spiro atoms. The molecule has 0 bridgehead atoms. The van der Waals surface area contributed by atoms with Gasteiger partial charge < -0.3 is 0 Å². The second-order valence-electron chi connectivity index (χ2n) is 5.41. The number of hydrogen-bond donors (Lipinski definition) is 1. The largest absolute Gasteiger partial charge is 0.271 e. The summed E-state index contributed by atoms with van der Waals surface area (Å²) in [5.41, 5.74) is 6.08. The summed E-state index contributed by atoms with van der Waals surface area (Å²) < 4.78 is 0. The lowest BCUT2D eigenvalue weighted by molar-refractivity contribution is 0.0955. The highest BCUT2D eigenvalue weighted by Crippen LogP contribution is 2.16. The van der Waals surface area contributed by atoms with Crippen LogP contribution in [0, 0.1) is 0 Å². The van der Waals surface area contributed by atoms with Crippen LogP contribution in [0.1, 0.15) is 15.9 Å². The Labute approximate surface area is 147 Å². The normalized spacial score (nSPS) is 21.1. The number of carbonyl (C=O) groups is 1. The smallest absolute Gasteiger partial charge is 0.267 e. The van der Waals surface area contributed by atoms with Gasteiger partial charge in [-0.3, -0.25) is 4.79 Å². The first kappa shape index (κ1) is 16.4. The summed E-state index contributed by atoms with van der Waals surface area (Å²) in [5.74, 6) is -0.231. The highest BCUT2D eigenvalue weighted by atomic mass is 16.2. The fourth-order valence-electron chi connectivity index (χ4n) is 2.34. The van der Waals surface area contributed by atoms with Crippen LogP contribution in [0.4, 0.5) is 0 Å². The molecule has 3 heteroatoms. The Balaban J connectivity index is 1.75. The van der Waals surface area contributed by atoms with Gasteiger partial charge >= 0.3 is 0 Å². The lowest BCUT2D eigenvalue weighted by Gasteiger charge is -2.00. The minimum atomic E-state index is -0.231. The second kappa shape index (κ2) is 8.41. The first-order chi connectivity index (χ1) is 12.3. The molecule has 0 radical (unpaired) electrons. The number of allylic oxidation sites excluding steroid dienone is 8. The Morgan fingerprint density at radius 2 is 1.40 bits per heavy atom. The Bertz CT molecular complexity index is 873. The summed E-state index contributed by atoms with van der Waals surface area (Å²) in [7, 11) is 0. The topological polar surface area (TPSA) is 41.5 Å². The van der Waals surface area contributed by atoms with Crippen molar-refractivity contribution < 1.29 is 4.79 Å². The lowest BCUT2D eigenvalue weighted by atomic mass is 10.1. The molecule has 0 aromatic heterocycles. The number of benzene rings is 2. The van der Waals surface area contributed by atoms with Gasteiger partial charge in [0.05, 0.1) is 5.71 Å². The molecule has 1 aliphatic carbocycles. The molecule has 2 aromatic rings. The minimum absolute atomic E-state index is 0.231. The highest BCUT2D eigenvalue weighted by Gasteiger charge is 2.02. The molecule has 1 amide bonds. The molecule has 0 atom stereocenters. The fourth-order valence-corrected chi connectivity index (χ4v) is 2.34. The fraction of sp³-hybridized carbons (Fsp3) is 0. The van der Waals surface area contributed by atoms with Crippen molar-refractivity contribution in [1.29, 1.82) is 0 Å². The van der Waals surface area contributed by atoms with Gasteiger partial charge in [0.15, 0.2) is 0 Å². The van der Waals surface area contributed by atoms with Gasteiger partial charge in [-0.1, -0.05) is 78.9 Å². The van der Waals surface area contributed by atoms with Crippen molar-refractivity contribution in [2.75, 3.05) is 0 Å². The third-order valence-corrected chi connectivity index (χ3v) is 3.63. The zero-order valence-electron chi connectivity index (χ0n) is 13.7. The van der Waals surface area contributed by atoms with Crippen molar-refractivity contribution in [3.05, 3.63) is 114 Å². The molecule has 0 unspecified atom stereocenters. The van der Waals surface area contributed by atoms with Gasteiger partial charge in [-0.25, -0.2) is 5.43 Å². The Morgan fingerprint density at radius 1 is 0.760 bits per heavy atom. The number of carbonyl (C=O) groups excluding carboxylic acids is 1. The average molecular weight is 326 g/mol. The number of nitrogens with zero attached hydrogens (tertiary/aromatic N) is 1. The Hall–Kier alpha value is -3.46. The van der Waals surface area contributed by atoms with Gasteiger partial charge in [-0.15, -0.1) is 0 Å². The molecule has 3 rings (SSSR count).